The van der Waals surface area contributed by atoms with Gasteiger partial charge in [0.15, 0.2) is 6.29 Å². The van der Waals surface area contributed by atoms with Gasteiger partial charge in [-0.05, 0) is 30.9 Å². The third kappa shape index (κ3) is 2.11. The van der Waals surface area contributed by atoms with Gasteiger partial charge in [-0.2, -0.15) is 0 Å². The lowest BCUT2D eigenvalue weighted by molar-refractivity contribution is 0.0718. The topological polar surface area (TPSA) is 31.2 Å². The minimum Gasteiger partial charge on any atom is -0.360 e. The second-order valence-electron chi connectivity index (χ2n) is 4.63. The molecule has 2 aromatic rings. The van der Waals surface area contributed by atoms with Crippen LogP contribution in [0.25, 0.3) is 10.9 Å². The van der Waals surface area contributed by atoms with Crippen LogP contribution in [0.4, 0.5) is 0 Å². The van der Waals surface area contributed by atoms with Crippen molar-refractivity contribution in [3.63, 3.8) is 0 Å². The fraction of sp³-hybridized carbons (Fsp3) is 0.357. The van der Waals surface area contributed by atoms with E-state index in [0.717, 1.165) is 35.3 Å². The molecule has 0 unspecified atom stereocenters. The van der Waals surface area contributed by atoms with Gasteiger partial charge in [-0.3, -0.25) is 4.79 Å². The van der Waals surface area contributed by atoms with E-state index in [-0.39, 0.29) is 0 Å². The van der Waals surface area contributed by atoms with Gasteiger partial charge in [0.2, 0.25) is 0 Å². The van der Waals surface area contributed by atoms with Crippen LogP contribution in [0.2, 0.25) is 0 Å². The van der Waals surface area contributed by atoms with Gasteiger partial charge in [0.05, 0.1) is 12.1 Å². The molecule has 0 amide bonds. The Morgan fingerprint density at radius 1 is 1.35 bits per heavy atom. The lowest BCUT2D eigenvalue weighted by Crippen LogP contribution is -2.03. The van der Waals surface area contributed by atoms with E-state index in [1.807, 2.05) is 35.0 Å². The lowest BCUT2D eigenvalue weighted by atomic mass is 10.1. The molecule has 1 fully saturated rings. The number of aldehydes is 1. The molecule has 1 heterocycles. The summed E-state index contributed by atoms with van der Waals surface area (Å²) in [6.07, 6.45) is 5.49. The molecule has 0 aliphatic heterocycles. The number of ether oxygens (including phenoxy) is 1. The Balaban J connectivity index is 1.81. The Hall–Kier alpha value is -1.61. The molecule has 1 aliphatic rings. The molecule has 0 saturated heterocycles. The van der Waals surface area contributed by atoms with Crippen molar-refractivity contribution in [3.05, 3.63) is 36.0 Å². The molecule has 3 heteroatoms. The largest absolute Gasteiger partial charge is 0.360 e. The predicted octanol–water partition coefficient (Wildman–Crippen LogP) is 2.84. The molecular formula is C14H15NO2. The Morgan fingerprint density at radius 2 is 2.24 bits per heavy atom. The number of hydrogen-bond donors (Lipinski definition) is 0. The summed E-state index contributed by atoms with van der Waals surface area (Å²) in [6, 6.07) is 7.73. The first-order valence-corrected chi connectivity index (χ1v) is 5.99. The monoisotopic (exact) mass is 229 g/mol. The van der Waals surface area contributed by atoms with Gasteiger partial charge in [0, 0.05) is 17.1 Å². The van der Waals surface area contributed by atoms with Crippen molar-refractivity contribution in [2.24, 2.45) is 5.92 Å². The molecule has 0 atom stereocenters. The molecule has 88 valence electrons. The molecule has 1 aromatic carbocycles. The third-order valence-corrected chi connectivity index (χ3v) is 3.26. The molecule has 1 aliphatic carbocycles. The number of aromatic nitrogens is 1. The van der Waals surface area contributed by atoms with Crippen molar-refractivity contribution in [1.29, 1.82) is 0 Å². The highest BCUT2D eigenvalue weighted by Crippen LogP contribution is 2.29. The molecule has 1 aromatic heterocycles. The maximum Gasteiger partial charge on any atom is 0.150 e. The standard InChI is InChI=1S/C14H15NO2/c16-8-12-2-1-3-14-13(12)6-7-15(14)10-17-9-11-4-5-11/h1-3,6-8,11H,4-5,9-10H2. The number of nitrogens with zero attached hydrogens (tertiary/aromatic N) is 1. The van der Waals surface area contributed by atoms with E-state index >= 15 is 0 Å². The summed E-state index contributed by atoms with van der Waals surface area (Å²) in [4.78, 5) is 10.9. The smallest absolute Gasteiger partial charge is 0.150 e. The Labute approximate surface area is 100.0 Å². The van der Waals surface area contributed by atoms with E-state index < -0.39 is 0 Å². The Bertz CT molecular complexity index is 540. The van der Waals surface area contributed by atoms with E-state index in [1.165, 1.54) is 12.8 Å². The zero-order valence-electron chi connectivity index (χ0n) is 9.63. The zero-order valence-corrected chi connectivity index (χ0v) is 9.63. The predicted molar refractivity (Wildman–Crippen MR) is 66.0 cm³/mol. The van der Waals surface area contributed by atoms with Gasteiger partial charge in [0.1, 0.15) is 6.73 Å². The van der Waals surface area contributed by atoms with Crippen LogP contribution < -0.4 is 0 Å². The number of carbonyl (C=O) groups is 1. The first-order valence-electron chi connectivity index (χ1n) is 5.99. The molecule has 0 bridgehead atoms. The van der Waals surface area contributed by atoms with E-state index in [9.17, 15) is 4.79 Å². The average molecular weight is 229 g/mol. The number of hydrogen-bond acceptors (Lipinski definition) is 2. The number of carbonyl (C=O) groups excluding carboxylic acids is 1. The molecular weight excluding hydrogens is 214 g/mol. The SMILES string of the molecule is O=Cc1cccc2c1ccn2COCC1CC1. The Kier molecular flexibility index (Phi) is 2.69. The van der Waals surface area contributed by atoms with Crippen LogP contribution in [0.5, 0.6) is 0 Å². The minimum absolute atomic E-state index is 0.572. The first kappa shape index (κ1) is 10.5. The van der Waals surface area contributed by atoms with Crippen LogP contribution in [0.1, 0.15) is 23.2 Å². The van der Waals surface area contributed by atoms with Crippen LogP contribution in [0.3, 0.4) is 0 Å². The fourth-order valence-electron chi connectivity index (χ4n) is 2.06. The Morgan fingerprint density at radius 3 is 3.00 bits per heavy atom. The van der Waals surface area contributed by atoms with Crippen molar-refractivity contribution in [1.82, 2.24) is 4.57 Å². The third-order valence-electron chi connectivity index (χ3n) is 3.26. The summed E-state index contributed by atoms with van der Waals surface area (Å²) in [5, 5.41) is 0.998. The summed E-state index contributed by atoms with van der Waals surface area (Å²) in [5.41, 5.74) is 1.80. The summed E-state index contributed by atoms with van der Waals surface area (Å²) in [7, 11) is 0. The van der Waals surface area contributed by atoms with Crippen LogP contribution in [0, 0.1) is 5.92 Å². The minimum atomic E-state index is 0.572. The normalized spacial score (nSPS) is 15.3. The second-order valence-corrected chi connectivity index (χ2v) is 4.63. The van der Waals surface area contributed by atoms with Crippen LogP contribution in [-0.2, 0) is 11.5 Å². The molecule has 3 nitrogen and oxygen atoms in total. The maximum atomic E-state index is 10.9. The summed E-state index contributed by atoms with van der Waals surface area (Å²) in [6.45, 7) is 1.43. The number of rotatable bonds is 5. The molecule has 3 rings (SSSR count). The van der Waals surface area contributed by atoms with Crippen LogP contribution >= 0.6 is 0 Å². The fourth-order valence-corrected chi connectivity index (χ4v) is 2.06. The molecule has 0 spiro atoms. The van der Waals surface area contributed by atoms with Crippen molar-refractivity contribution < 1.29 is 9.53 Å². The van der Waals surface area contributed by atoms with Gasteiger partial charge in [0.25, 0.3) is 0 Å². The second kappa shape index (κ2) is 4.34. The average Bonchev–Trinajstić information content (AvgIpc) is 3.09. The van der Waals surface area contributed by atoms with Crippen LogP contribution in [0.15, 0.2) is 30.5 Å². The van der Waals surface area contributed by atoms with E-state index in [4.69, 9.17) is 4.74 Å². The van der Waals surface area contributed by atoms with Crippen LogP contribution in [-0.4, -0.2) is 17.5 Å². The number of fused-ring (bicyclic) bond motifs is 1. The highest BCUT2D eigenvalue weighted by atomic mass is 16.5. The highest BCUT2D eigenvalue weighted by Gasteiger charge is 2.21. The summed E-state index contributed by atoms with van der Waals surface area (Å²) in [5.74, 6) is 0.780. The van der Waals surface area contributed by atoms with Gasteiger partial charge in [-0.15, -0.1) is 0 Å². The molecule has 1 saturated carbocycles. The summed E-state index contributed by atoms with van der Waals surface area (Å²) >= 11 is 0. The number of benzene rings is 1. The van der Waals surface area contributed by atoms with Crippen molar-refractivity contribution >= 4 is 17.2 Å². The van der Waals surface area contributed by atoms with E-state index in [1.54, 1.807) is 0 Å². The van der Waals surface area contributed by atoms with Gasteiger partial charge in [-0.25, -0.2) is 0 Å². The summed E-state index contributed by atoms with van der Waals surface area (Å²) < 4.78 is 7.70. The van der Waals surface area contributed by atoms with Gasteiger partial charge >= 0.3 is 0 Å². The van der Waals surface area contributed by atoms with E-state index in [0.29, 0.717) is 6.73 Å². The molecule has 0 N–H and O–H groups in total. The highest BCUT2D eigenvalue weighted by molar-refractivity contribution is 5.97. The van der Waals surface area contributed by atoms with Crippen molar-refractivity contribution in [2.45, 2.75) is 19.6 Å². The molecule has 17 heavy (non-hydrogen) atoms. The van der Waals surface area contributed by atoms with E-state index in [2.05, 4.69) is 0 Å². The van der Waals surface area contributed by atoms with Crippen molar-refractivity contribution in [3.8, 4) is 0 Å². The maximum absolute atomic E-state index is 10.9. The lowest BCUT2D eigenvalue weighted by Gasteiger charge is -2.06. The quantitative estimate of drug-likeness (QED) is 0.738. The van der Waals surface area contributed by atoms with Crippen molar-refractivity contribution in [2.75, 3.05) is 6.61 Å². The van der Waals surface area contributed by atoms with Gasteiger partial charge < -0.3 is 9.30 Å². The first-order chi connectivity index (χ1) is 8.38. The zero-order chi connectivity index (χ0) is 11.7. The molecule has 0 radical (unpaired) electrons. The van der Waals surface area contributed by atoms with Gasteiger partial charge in [-0.1, -0.05) is 12.1 Å².